The van der Waals surface area contributed by atoms with Crippen LogP contribution in [0.1, 0.15) is 31.7 Å². The molecule has 1 amide bonds. The molecular formula is C17H25ClN2O3. The fourth-order valence-electron chi connectivity index (χ4n) is 2.96. The van der Waals surface area contributed by atoms with E-state index in [2.05, 4.69) is 17.0 Å². The molecule has 1 fully saturated rings. The van der Waals surface area contributed by atoms with Crippen molar-refractivity contribution < 1.29 is 14.3 Å². The number of methoxy groups -OCH3 is 1. The predicted octanol–water partition coefficient (Wildman–Crippen LogP) is 2.44. The number of amides is 1. The number of nitrogens with zero attached hydrogens (tertiary/aromatic N) is 2. The van der Waals surface area contributed by atoms with Crippen LogP contribution >= 0.6 is 12.4 Å². The average Bonchev–Trinajstić information content (AvgIpc) is 2.54. The molecule has 0 aliphatic carbocycles. The number of esters is 1. The summed E-state index contributed by atoms with van der Waals surface area (Å²) in [5.74, 6) is -0.462. The van der Waals surface area contributed by atoms with Gasteiger partial charge >= 0.3 is 5.97 Å². The van der Waals surface area contributed by atoms with Crippen molar-refractivity contribution in [3.05, 3.63) is 35.9 Å². The molecule has 0 aromatic heterocycles. The Balaban J connectivity index is 0.00000264. The fraction of sp³-hybridized carbons (Fsp3) is 0.529. The highest BCUT2D eigenvalue weighted by atomic mass is 35.5. The van der Waals surface area contributed by atoms with Gasteiger partial charge in [0.25, 0.3) is 0 Å². The van der Waals surface area contributed by atoms with Gasteiger partial charge in [0.1, 0.15) is 6.54 Å². The third-order valence-corrected chi connectivity index (χ3v) is 4.10. The number of piperidine rings is 1. The number of ether oxygens (including phenoxy) is 1. The first-order valence-electron chi connectivity index (χ1n) is 7.74. The monoisotopic (exact) mass is 340 g/mol. The van der Waals surface area contributed by atoms with Crippen LogP contribution in [-0.4, -0.2) is 48.0 Å². The van der Waals surface area contributed by atoms with E-state index in [1.54, 1.807) is 4.90 Å². The van der Waals surface area contributed by atoms with Gasteiger partial charge in [-0.2, -0.15) is 0 Å². The summed E-state index contributed by atoms with van der Waals surface area (Å²) in [7, 11) is 1.35. The number of hydrogen-bond donors (Lipinski definition) is 0. The summed E-state index contributed by atoms with van der Waals surface area (Å²) >= 11 is 0. The molecule has 1 aliphatic rings. The molecule has 0 N–H and O–H groups in total. The van der Waals surface area contributed by atoms with Gasteiger partial charge in [-0.05, 0) is 24.8 Å². The maximum atomic E-state index is 12.0. The second kappa shape index (κ2) is 9.53. The van der Waals surface area contributed by atoms with Crippen molar-refractivity contribution in [1.29, 1.82) is 0 Å². The van der Waals surface area contributed by atoms with Gasteiger partial charge in [0, 0.05) is 20.0 Å². The topological polar surface area (TPSA) is 49.9 Å². The molecule has 1 saturated heterocycles. The minimum absolute atomic E-state index is 0. The van der Waals surface area contributed by atoms with Gasteiger partial charge in [0.05, 0.1) is 13.3 Å². The third kappa shape index (κ3) is 5.52. The van der Waals surface area contributed by atoms with Crippen LogP contribution in [-0.2, 0) is 20.9 Å². The quantitative estimate of drug-likeness (QED) is 0.772. The Kier molecular flexibility index (Phi) is 8.06. The fourth-order valence-corrected chi connectivity index (χ4v) is 2.96. The van der Waals surface area contributed by atoms with Crippen LogP contribution in [0.15, 0.2) is 30.3 Å². The Labute approximate surface area is 144 Å². The maximum Gasteiger partial charge on any atom is 0.325 e. The number of carbonyl (C=O) groups is 2. The molecule has 23 heavy (non-hydrogen) atoms. The van der Waals surface area contributed by atoms with Crippen molar-refractivity contribution in [1.82, 2.24) is 9.80 Å². The molecule has 1 atom stereocenters. The normalized spacial score (nSPS) is 17.9. The number of rotatable bonds is 5. The van der Waals surface area contributed by atoms with Crippen LogP contribution in [0.5, 0.6) is 0 Å². The van der Waals surface area contributed by atoms with Gasteiger partial charge in [0.15, 0.2) is 0 Å². The highest BCUT2D eigenvalue weighted by Crippen LogP contribution is 2.22. The molecule has 0 saturated carbocycles. The Morgan fingerprint density at radius 1 is 1.26 bits per heavy atom. The number of halogens is 1. The number of likely N-dealkylation sites (tertiary alicyclic amines) is 1. The molecule has 6 heteroatoms. The van der Waals surface area contributed by atoms with E-state index < -0.39 is 0 Å². The van der Waals surface area contributed by atoms with E-state index in [4.69, 9.17) is 4.74 Å². The van der Waals surface area contributed by atoms with Crippen molar-refractivity contribution in [3.63, 3.8) is 0 Å². The molecule has 0 radical (unpaired) electrons. The lowest BCUT2D eigenvalue weighted by Gasteiger charge is -2.42. The predicted molar refractivity (Wildman–Crippen MR) is 91.1 cm³/mol. The van der Waals surface area contributed by atoms with E-state index in [1.165, 1.54) is 19.6 Å². The zero-order valence-corrected chi connectivity index (χ0v) is 14.6. The van der Waals surface area contributed by atoms with Gasteiger partial charge < -0.3 is 9.64 Å². The molecule has 0 bridgehead atoms. The van der Waals surface area contributed by atoms with E-state index in [-0.39, 0.29) is 37.0 Å². The van der Waals surface area contributed by atoms with Crippen LogP contribution in [0.25, 0.3) is 0 Å². The number of benzene rings is 1. The zero-order chi connectivity index (χ0) is 15.9. The molecule has 1 aromatic rings. The SMILES string of the molecule is COC(=O)CN(C(C)=O)C1CCCCN1Cc1ccccc1.Cl. The first kappa shape index (κ1) is 19.5. The zero-order valence-electron chi connectivity index (χ0n) is 13.7. The summed E-state index contributed by atoms with van der Waals surface area (Å²) in [5.41, 5.74) is 1.22. The summed E-state index contributed by atoms with van der Waals surface area (Å²) in [6.07, 6.45) is 3.04. The molecular weight excluding hydrogens is 316 g/mol. The molecule has 0 spiro atoms. The summed E-state index contributed by atoms with van der Waals surface area (Å²) in [4.78, 5) is 27.5. The van der Waals surface area contributed by atoms with Gasteiger partial charge in [-0.25, -0.2) is 0 Å². The lowest BCUT2D eigenvalue weighted by atomic mass is 10.0. The molecule has 1 aliphatic heterocycles. The Morgan fingerprint density at radius 3 is 2.57 bits per heavy atom. The van der Waals surface area contributed by atoms with Crippen molar-refractivity contribution in [2.24, 2.45) is 0 Å². The Hall–Kier alpha value is -1.59. The van der Waals surface area contributed by atoms with Crippen LogP contribution in [0, 0.1) is 0 Å². The lowest BCUT2D eigenvalue weighted by molar-refractivity contribution is -0.152. The largest absolute Gasteiger partial charge is 0.468 e. The third-order valence-electron chi connectivity index (χ3n) is 4.10. The van der Waals surface area contributed by atoms with E-state index in [0.717, 1.165) is 32.4 Å². The van der Waals surface area contributed by atoms with Crippen molar-refractivity contribution in [2.75, 3.05) is 20.2 Å². The molecule has 5 nitrogen and oxygen atoms in total. The molecule has 128 valence electrons. The second-order valence-electron chi connectivity index (χ2n) is 5.66. The number of hydrogen-bond acceptors (Lipinski definition) is 4. The van der Waals surface area contributed by atoms with Crippen molar-refractivity contribution in [3.8, 4) is 0 Å². The van der Waals surface area contributed by atoms with Crippen molar-refractivity contribution >= 4 is 24.3 Å². The van der Waals surface area contributed by atoms with Crippen LogP contribution in [0.3, 0.4) is 0 Å². The second-order valence-corrected chi connectivity index (χ2v) is 5.66. The van der Waals surface area contributed by atoms with E-state index in [1.807, 2.05) is 18.2 Å². The molecule has 2 rings (SSSR count). The highest BCUT2D eigenvalue weighted by Gasteiger charge is 2.31. The van der Waals surface area contributed by atoms with Gasteiger partial charge in [-0.1, -0.05) is 30.3 Å². The minimum Gasteiger partial charge on any atom is -0.468 e. The van der Waals surface area contributed by atoms with E-state index in [9.17, 15) is 9.59 Å². The Bertz CT molecular complexity index is 510. The summed E-state index contributed by atoms with van der Waals surface area (Å²) in [5, 5.41) is 0. The van der Waals surface area contributed by atoms with E-state index in [0.29, 0.717) is 0 Å². The molecule has 1 heterocycles. The summed E-state index contributed by atoms with van der Waals surface area (Å²) in [6, 6.07) is 10.2. The van der Waals surface area contributed by atoms with E-state index >= 15 is 0 Å². The van der Waals surface area contributed by atoms with Crippen LogP contribution < -0.4 is 0 Å². The first-order chi connectivity index (χ1) is 10.6. The van der Waals surface area contributed by atoms with Gasteiger partial charge in [-0.15, -0.1) is 12.4 Å². The summed E-state index contributed by atoms with van der Waals surface area (Å²) < 4.78 is 4.72. The van der Waals surface area contributed by atoms with Crippen molar-refractivity contribution in [2.45, 2.75) is 38.9 Å². The van der Waals surface area contributed by atoms with Gasteiger partial charge in [0.2, 0.25) is 5.91 Å². The standard InChI is InChI=1S/C17H24N2O3.ClH/c1-14(20)19(13-17(21)22-2)16-10-6-7-11-18(16)12-15-8-4-3-5-9-15;/h3-5,8-9,16H,6-7,10-13H2,1-2H3;1H. The average molecular weight is 341 g/mol. The molecule has 1 unspecified atom stereocenters. The smallest absolute Gasteiger partial charge is 0.325 e. The van der Waals surface area contributed by atoms with Crippen LogP contribution in [0.4, 0.5) is 0 Å². The molecule has 1 aromatic carbocycles. The van der Waals surface area contributed by atoms with Crippen LogP contribution in [0.2, 0.25) is 0 Å². The Morgan fingerprint density at radius 2 is 1.96 bits per heavy atom. The maximum absolute atomic E-state index is 12.0. The summed E-state index contributed by atoms with van der Waals surface area (Å²) in [6.45, 7) is 3.25. The minimum atomic E-state index is -0.375. The number of carbonyl (C=O) groups excluding carboxylic acids is 2. The highest BCUT2D eigenvalue weighted by molar-refractivity contribution is 5.85. The van der Waals surface area contributed by atoms with Gasteiger partial charge in [-0.3, -0.25) is 14.5 Å². The lowest BCUT2D eigenvalue weighted by Crippen LogP contribution is -2.53. The first-order valence-corrected chi connectivity index (χ1v) is 7.74.